The van der Waals surface area contributed by atoms with Crippen molar-refractivity contribution in [3.8, 4) is 6.07 Å². The number of carbonyl (C=O) groups is 3. The van der Waals surface area contributed by atoms with Gasteiger partial charge in [0.2, 0.25) is 5.91 Å². The molecule has 2 aromatic rings. The Kier molecular flexibility index (Phi) is 7.20. The molecule has 0 aliphatic carbocycles. The highest BCUT2D eigenvalue weighted by molar-refractivity contribution is 6.03. The van der Waals surface area contributed by atoms with Gasteiger partial charge in [-0.3, -0.25) is 9.69 Å². The van der Waals surface area contributed by atoms with Crippen molar-refractivity contribution < 1.29 is 32.3 Å². The number of hydrogen-bond donors (Lipinski definition) is 1. The first-order chi connectivity index (χ1) is 17.6. The molecule has 1 fully saturated rings. The molecule has 1 N–H and O–H groups in total. The number of benzene rings is 2. The topological polar surface area (TPSA) is 103 Å². The quantitative estimate of drug-likeness (QED) is 0.582. The summed E-state index contributed by atoms with van der Waals surface area (Å²) in [6.45, 7) is 2.16. The first-order valence-corrected chi connectivity index (χ1v) is 11.5. The van der Waals surface area contributed by atoms with Gasteiger partial charge in [-0.15, -0.1) is 0 Å². The first kappa shape index (κ1) is 25.8. The standard InChI is InChI=1S/C26H23F3N4O4/c1-16-22(24(35)37-13-12-32-11-3-6-21(32)34)23(18-9-7-17(15-30)8-10-18)31-25(36)33(16)20-5-2-4-19(14-20)26(27,28)29/h2,4-5,7-10,14,23H,3,6,11-13H2,1H3,(H,31,36). The molecule has 2 heterocycles. The van der Waals surface area contributed by atoms with Gasteiger partial charge in [-0.25, -0.2) is 9.59 Å². The zero-order chi connectivity index (χ0) is 26.7. The van der Waals surface area contributed by atoms with E-state index >= 15 is 0 Å². The van der Waals surface area contributed by atoms with Crippen LogP contribution < -0.4 is 10.2 Å². The van der Waals surface area contributed by atoms with Crippen molar-refractivity contribution in [3.05, 3.63) is 76.5 Å². The van der Waals surface area contributed by atoms with Gasteiger partial charge < -0.3 is 15.0 Å². The fourth-order valence-electron chi connectivity index (χ4n) is 4.41. The lowest BCUT2D eigenvalue weighted by molar-refractivity contribution is -0.141. The second-order valence-corrected chi connectivity index (χ2v) is 8.62. The smallest absolute Gasteiger partial charge is 0.416 e. The van der Waals surface area contributed by atoms with Crippen LogP contribution in [0.4, 0.5) is 23.7 Å². The molecular weight excluding hydrogens is 489 g/mol. The molecule has 3 amide bonds. The van der Waals surface area contributed by atoms with Gasteiger partial charge in [0.15, 0.2) is 0 Å². The van der Waals surface area contributed by atoms with Crippen LogP contribution in [0.25, 0.3) is 0 Å². The van der Waals surface area contributed by atoms with Gasteiger partial charge in [-0.1, -0.05) is 18.2 Å². The molecule has 1 unspecified atom stereocenters. The van der Waals surface area contributed by atoms with Crippen molar-refractivity contribution >= 4 is 23.6 Å². The van der Waals surface area contributed by atoms with Crippen LogP contribution in [-0.2, 0) is 20.5 Å². The summed E-state index contributed by atoms with van der Waals surface area (Å²) >= 11 is 0. The number of urea groups is 1. The molecule has 4 rings (SSSR count). The highest BCUT2D eigenvalue weighted by Gasteiger charge is 2.38. The molecule has 2 aliphatic rings. The Morgan fingerprint density at radius 1 is 1.19 bits per heavy atom. The number of halogens is 3. The maximum Gasteiger partial charge on any atom is 0.416 e. The zero-order valence-electron chi connectivity index (χ0n) is 19.8. The Labute approximate surface area is 210 Å². The van der Waals surface area contributed by atoms with Crippen molar-refractivity contribution in [2.75, 3.05) is 24.6 Å². The Morgan fingerprint density at radius 3 is 2.54 bits per heavy atom. The minimum Gasteiger partial charge on any atom is -0.460 e. The van der Waals surface area contributed by atoms with Crippen molar-refractivity contribution in [2.45, 2.75) is 32.0 Å². The monoisotopic (exact) mass is 512 g/mol. The molecule has 1 saturated heterocycles. The van der Waals surface area contributed by atoms with Crippen molar-refractivity contribution in [1.82, 2.24) is 10.2 Å². The SMILES string of the molecule is CC1=C(C(=O)OCCN2CCCC2=O)C(c2ccc(C#N)cc2)NC(=O)N1c1cccc(C(F)(F)F)c1. The van der Waals surface area contributed by atoms with Crippen LogP contribution in [0.2, 0.25) is 0 Å². The third-order valence-electron chi connectivity index (χ3n) is 6.28. The van der Waals surface area contributed by atoms with Gasteiger partial charge >= 0.3 is 18.2 Å². The van der Waals surface area contributed by atoms with Crippen LogP contribution in [0.3, 0.4) is 0 Å². The number of nitriles is 1. The third kappa shape index (κ3) is 5.43. The maximum absolute atomic E-state index is 13.3. The number of amides is 3. The zero-order valence-corrected chi connectivity index (χ0v) is 19.8. The summed E-state index contributed by atoms with van der Waals surface area (Å²) in [5, 5.41) is 11.8. The Hall–Kier alpha value is -4.33. The number of anilines is 1. The van der Waals surface area contributed by atoms with Crippen LogP contribution in [0.15, 0.2) is 59.8 Å². The Balaban J connectivity index is 1.69. The van der Waals surface area contributed by atoms with Crippen molar-refractivity contribution in [3.63, 3.8) is 0 Å². The minimum atomic E-state index is -4.63. The largest absolute Gasteiger partial charge is 0.460 e. The van der Waals surface area contributed by atoms with Crippen LogP contribution in [0.1, 0.15) is 42.5 Å². The number of rotatable bonds is 6. The second-order valence-electron chi connectivity index (χ2n) is 8.62. The van der Waals surface area contributed by atoms with Gasteiger partial charge in [0, 0.05) is 18.7 Å². The highest BCUT2D eigenvalue weighted by Crippen LogP contribution is 2.37. The molecule has 0 aromatic heterocycles. The molecule has 8 nitrogen and oxygen atoms in total. The molecule has 192 valence electrons. The molecule has 0 radical (unpaired) electrons. The van der Waals surface area contributed by atoms with E-state index in [1.54, 1.807) is 17.0 Å². The normalized spacial score (nSPS) is 18.1. The summed E-state index contributed by atoms with van der Waals surface area (Å²) in [6, 6.07) is 10.7. The van der Waals surface area contributed by atoms with E-state index in [1.165, 1.54) is 31.2 Å². The van der Waals surface area contributed by atoms with E-state index in [4.69, 9.17) is 10.00 Å². The van der Waals surface area contributed by atoms with Gasteiger partial charge in [0.1, 0.15) is 6.61 Å². The maximum atomic E-state index is 13.3. The molecule has 0 saturated carbocycles. The lowest BCUT2D eigenvalue weighted by atomic mass is 9.94. The molecule has 2 aromatic carbocycles. The first-order valence-electron chi connectivity index (χ1n) is 11.5. The van der Waals surface area contributed by atoms with E-state index < -0.39 is 29.8 Å². The number of nitrogens with zero attached hydrogens (tertiary/aromatic N) is 3. The molecule has 11 heteroatoms. The summed E-state index contributed by atoms with van der Waals surface area (Å²) in [6.07, 6.45) is -3.45. The summed E-state index contributed by atoms with van der Waals surface area (Å²) < 4.78 is 45.4. The number of nitrogens with one attached hydrogen (secondary N) is 1. The number of carbonyl (C=O) groups excluding carboxylic acids is 3. The van der Waals surface area contributed by atoms with Gasteiger partial charge in [0.25, 0.3) is 0 Å². The number of hydrogen-bond acceptors (Lipinski definition) is 5. The predicted molar refractivity (Wildman–Crippen MR) is 126 cm³/mol. The number of alkyl halides is 3. The lowest BCUT2D eigenvalue weighted by Crippen LogP contribution is -2.48. The molecule has 0 spiro atoms. The number of likely N-dealkylation sites (tertiary alicyclic amines) is 1. The third-order valence-corrected chi connectivity index (χ3v) is 6.28. The van der Waals surface area contributed by atoms with Crippen LogP contribution in [0, 0.1) is 11.3 Å². The predicted octanol–water partition coefficient (Wildman–Crippen LogP) is 4.29. The Bertz CT molecular complexity index is 1300. The summed E-state index contributed by atoms with van der Waals surface area (Å²) in [5.41, 5.74) is -0.0434. The van der Waals surface area contributed by atoms with Crippen molar-refractivity contribution in [2.24, 2.45) is 0 Å². The van der Waals surface area contributed by atoms with Crippen LogP contribution in [-0.4, -0.2) is 42.5 Å². The molecule has 2 aliphatic heterocycles. The number of esters is 1. The van der Waals surface area contributed by atoms with Crippen LogP contribution in [0.5, 0.6) is 0 Å². The van der Waals surface area contributed by atoms with E-state index in [0.29, 0.717) is 24.1 Å². The average Bonchev–Trinajstić information content (AvgIpc) is 3.27. The molecular formula is C26H23F3N4O4. The molecule has 0 bridgehead atoms. The summed E-state index contributed by atoms with van der Waals surface area (Å²) in [7, 11) is 0. The number of allylic oxidation sites excluding steroid dienone is 1. The van der Waals surface area contributed by atoms with E-state index in [9.17, 15) is 27.6 Å². The van der Waals surface area contributed by atoms with Crippen molar-refractivity contribution in [1.29, 1.82) is 5.26 Å². The minimum absolute atomic E-state index is 0.0227. The van der Waals surface area contributed by atoms with Gasteiger partial charge in [0.05, 0.1) is 41.0 Å². The van der Waals surface area contributed by atoms with E-state index in [1.807, 2.05) is 6.07 Å². The molecule has 37 heavy (non-hydrogen) atoms. The molecule has 1 atom stereocenters. The van der Waals surface area contributed by atoms with E-state index in [2.05, 4.69) is 5.32 Å². The fraction of sp³-hybridized carbons (Fsp3) is 0.308. The summed E-state index contributed by atoms with van der Waals surface area (Å²) in [5.74, 6) is -0.807. The van der Waals surface area contributed by atoms with E-state index in [-0.39, 0.29) is 36.0 Å². The Morgan fingerprint density at radius 2 is 1.92 bits per heavy atom. The highest BCUT2D eigenvalue weighted by atomic mass is 19.4. The average molecular weight is 512 g/mol. The summed E-state index contributed by atoms with van der Waals surface area (Å²) in [4.78, 5) is 40.8. The number of ether oxygens (including phenoxy) is 1. The second kappa shape index (κ2) is 10.3. The van der Waals surface area contributed by atoms with Gasteiger partial charge in [-0.05, 0) is 49.2 Å². The lowest BCUT2D eigenvalue weighted by Gasteiger charge is -2.35. The fourth-order valence-corrected chi connectivity index (χ4v) is 4.41. The van der Waals surface area contributed by atoms with Gasteiger partial charge in [-0.2, -0.15) is 18.4 Å². The van der Waals surface area contributed by atoms with E-state index in [0.717, 1.165) is 23.5 Å². The van der Waals surface area contributed by atoms with Crippen LogP contribution >= 0.6 is 0 Å².